The SMILES string of the molecule is O=C(O)CCCC(=O)Nc1cccc(NC(=O)c2ccco2)c1. The molecule has 1 aromatic carbocycles. The van der Waals surface area contributed by atoms with Crippen molar-refractivity contribution in [1.29, 1.82) is 0 Å². The molecule has 0 atom stereocenters. The van der Waals surface area contributed by atoms with Crippen LogP contribution in [0.2, 0.25) is 0 Å². The molecule has 2 rings (SSSR count). The van der Waals surface area contributed by atoms with Crippen molar-refractivity contribution in [3.8, 4) is 0 Å². The van der Waals surface area contributed by atoms with Gasteiger partial charge in [0.05, 0.1) is 6.26 Å². The molecule has 0 aliphatic rings. The van der Waals surface area contributed by atoms with E-state index in [1.807, 2.05) is 0 Å². The van der Waals surface area contributed by atoms with Gasteiger partial charge in [-0.25, -0.2) is 0 Å². The molecule has 7 heteroatoms. The van der Waals surface area contributed by atoms with Gasteiger partial charge < -0.3 is 20.2 Å². The van der Waals surface area contributed by atoms with Gasteiger partial charge in [-0.15, -0.1) is 0 Å². The van der Waals surface area contributed by atoms with Crippen LogP contribution in [0.1, 0.15) is 29.8 Å². The summed E-state index contributed by atoms with van der Waals surface area (Å²) >= 11 is 0. The first-order valence-electron chi connectivity index (χ1n) is 7.01. The molecule has 2 aromatic rings. The van der Waals surface area contributed by atoms with Crippen LogP contribution in [0.25, 0.3) is 0 Å². The maximum Gasteiger partial charge on any atom is 0.303 e. The van der Waals surface area contributed by atoms with Crippen LogP contribution in [0.15, 0.2) is 47.1 Å². The van der Waals surface area contributed by atoms with E-state index in [0.717, 1.165) is 0 Å². The summed E-state index contributed by atoms with van der Waals surface area (Å²) in [6.45, 7) is 0. The molecule has 7 nitrogen and oxygen atoms in total. The number of aliphatic carboxylic acids is 1. The summed E-state index contributed by atoms with van der Waals surface area (Å²) in [5.74, 6) is -1.41. The van der Waals surface area contributed by atoms with E-state index in [0.29, 0.717) is 11.4 Å². The fourth-order valence-corrected chi connectivity index (χ4v) is 1.90. The fraction of sp³-hybridized carbons (Fsp3) is 0.188. The van der Waals surface area contributed by atoms with E-state index >= 15 is 0 Å². The highest BCUT2D eigenvalue weighted by Crippen LogP contribution is 2.16. The maximum absolute atomic E-state index is 11.9. The van der Waals surface area contributed by atoms with E-state index in [2.05, 4.69) is 10.6 Å². The minimum absolute atomic E-state index is 0.0489. The van der Waals surface area contributed by atoms with E-state index in [4.69, 9.17) is 9.52 Å². The van der Waals surface area contributed by atoms with Crippen LogP contribution >= 0.6 is 0 Å². The highest BCUT2D eigenvalue weighted by Gasteiger charge is 2.09. The van der Waals surface area contributed by atoms with Crippen molar-refractivity contribution in [2.75, 3.05) is 10.6 Å². The van der Waals surface area contributed by atoms with Gasteiger partial charge in [-0.05, 0) is 36.8 Å². The molecule has 0 unspecified atom stereocenters. The summed E-state index contributed by atoms with van der Waals surface area (Å²) < 4.78 is 5.00. The Hall–Kier alpha value is -3.09. The van der Waals surface area contributed by atoms with Gasteiger partial charge in [0.1, 0.15) is 0 Å². The average Bonchev–Trinajstić information content (AvgIpc) is 3.01. The number of carbonyl (C=O) groups is 3. The van der Waals surface area contributed by atoms with Crippen LogP contribution in [0, 0.1) is 0 Å². The van der Waals surface area contributed by atoms with Gasteiger partial charge in [0.2, 0.25) is 5.91 Å². The molecule has 1 aromatic heterocycles. The van der Waals surface area contributed by atoms with Crippen LogP contribution in [0.5, 0.6) is 0 Å². The number of anilines is 2. The molecule has 23 heavy (non-hydrogen) atoms. The van der Waals surface area contributed by atoms with Crippen LogP contribution in [0.4, 0.5) is 11.4 Å². The summed E-state index contributed by atoms with van der Waals surface area (Å²) in [7, 11) is 0. The van der Waals surface area contributed by atoms with Gasteiger partial charge in [-0.3, -0.25) is 14.4 Å². The Balaban J connectivity index is 1.90. The normalized spacial score (nSPS) is 10.1. The topological polar surface area (TPSA) is 109 Å². The summed E-state index contributed by atoms with van der Waals surface area (Å²) in [6, 6.07) is 9.81. The molecule has 120 valence electrons. The quantitative estimate of drug-likeness (QED) is 0.727. The molecular weight excluding hydrogens is 300 g/mol. The second-order valence-corrected chi connectivity index (χ2v) is 4.81. The number of furan rings is 1. The third kappa shape index (κ3) is 5.31. The Labute approximate surface area is 132 Å². The van der Waals surface area contributed by atoms with Gasteiger partial charge >= 0.3 is 5.97 Å². The molecule has 0 fully saturated rings. The second kappa shape index (κ2) is 7.79. The van der Waals surface area contributed by atoms with E-state index in [1.54, 1.807) is 36.4 Å². The predicted molar refractivity (Wildman–Crippen MR) is 83.2 cm³/mol. The van der Waals surface area contributed by atoms with Crippen molar-refractivity contribution in [1.82, 2.24) is 0 Å². The van der Waals surface area contributed by atoms with E-state index < -0.39 is 5.97 Å². The Morgan fingerprint density at radius 3 is 2.39 bits per heavy atom. The summed E-state index contributed by atoms with van der Waals surface area (Å²) in [5, 5.41) is 13.8. The standard InChI is InChI=1S/C16H16N2O5/c19-14(7-2-8-15(20)21)17-11-4-1-5-12(10-11)18-16(22)13-6-3-9-23-13/h1,3-6,9-10H,2,7-8H2,(H,17,19)(H,18,22)(H,20,21). The van der Waals surface area contributed by atoms with Crippen molar-refractivity contribution in [2.45, 2.75) is 19.3 Å². The highest BCUT2D eigenvalue weighted by atomic mass is 16.4. The minimum atomic E-state index is -0.930. The largest absolute Gasteiger partial charge is 0.481 e. The average molecular weight is 316 g/mol. The Bertz CT molecular complexity index is 694. The third-order valence-corrected chi connectivity index (χ3v) is 2.94. The van der Waals surface area contributed by atoms with Gasteiger partial charge in [0.25, 0.3) is 5.91 Å². The lowest BCUT2D eigenvalue weighted by atomic mass is 10.2. The van der Waals surface area contributed by atoms with Gasteiger partial charge in [0, 0.05) is 24.2 Å². The van der Waals surface area contributed by atoms with Crippen molar-refractivity contribution >= 4 is 29.2 Å². The van der Waals surface area contributed by atoms with E-state index in [1.165, 1.54) is 6.26 Å². The first-order chi connectivity index (χ1) is 11.0. The zero-order chi connectivity index (χ0) is 16.7. The van der Waals surface area contributed by atoms with Crippen LogP contribution < -0.4 is 10.6 Å². The third-order valence-electron chi connectivity index (χ3n) is 2.94. The van der Waals surface area contributed by atoms with Crippen molar-refractivity contribution in [3.05, 3.63) is 48.4 Å². The molecule has 0 saturated heterocycles. The van der Waals surface area contributed by atoms with Crippen molar-refractivity contribution in [2.24, 2.45) is 0 Å². The number of nitrogens with one attached hydrogen (secondary N) is 2. The molecular formula is C16H16N2O5. The second-order valence-electron chi connectivity index (χ2n) is 4.81. The Kier molecular flexibility index (Phi) is 5.51. The lowest BCUT2D eigenvalue weighted by Gasteiger charge is -2.08. The molecule has 0 radical (unpaired) electrons. The van der Waals surface area contributed by atoms with Crippen LogP contribution in [0.3, 0.4) is 0 Å². The number of amides is 2. The molecule has 0 saturated carbocycles. The lowest BCUT2D eigenvalue weighted by Crippen LogP contribution is -2.13. The molecule has 0 aliphatic carbocycles. The summed E-state index contributed by atoms with van der Waals surface area (Å²) in [5.41, 5.74) is 1.03. The number of rotatable bonds is 7. The van der Waals surface area contributed by atoms with Gasteiger partial charge in [-0.2, -0.15) is 0 Å². The first kappa shape index (κ1) is 16.3. The fourth-order valence-electron chi connectivity index (χ4n) is 1.90. The number of hydrogen-bond acceptors (Lipinski definition) is 4. The number of hydrogen-bond donors (Lipinski definition) is 3. The lowest BCUT2D eigenvalue weighted by molar-refractivity contribution is -0.137. The molecule has 3 N–H and O–H groups in total. The number of benzene rings is 1. The van der Waals surface area contributed by atoms with Crippen LogP contribution in [-0.2, 0) is 9.59 Å². The minimum Gasteiger partial charge on any atom is -0.481 e. The maximum atomic E-state index is 11.9. The van der Waals surface area contributed by atoms with E-state index in [-0.39, 0.29) is 36.8 Å². The monoisotopic (exact) mass is 316 g/mol. The number of carboxylic acid groups (broad SMARTS) is 1. The zero-order valence-electron chi connectivity index (χ0n) is 12.2. The van der Waals surface area contributed by atoms with Crippen molar-refractivity contribution in [3.63, 3.8) is 0 Å². The molecule has 1 heterocycles. The van der Waals surface area contributed by atoms with Crippen LogP contribution in [-0.4, -0.2) is 22.9 Å². The zero-order valence-corrected chi connectivity index (χ0v) is 12.2. The Morgan fingerprint density at radius 1 is 1.00 bits per heavy atom. The smallest absolute Gasteiger partial charge is 0.303 e. The molecule has 0 aliphatic heterocycles. The van der Waals surface area contributed by atoms with Crippen molar-refractivity contribution < 1.29 is 23.9 Å². The number of carboxylic acids is 1. The Morgan fingerprint density at radius 2 is 1.74 bits per heavy atom. The highest BCUT2D eigenvalue weighted by molar-refractivity contribution is 6.02. The van der Waals surface area contributed by atoms with Gasteiger partial charge in [0.15, 0.2) is 5.76 Å². The molecule has 0 spiro atoms. The predicted octanol–water partition coefficient (Wildman–Crippen LogP) is 2.73. The number of carbonyl (C=O) groups excluding carboxylic acids is 2. The molecule has 0 bridgehead atoms. The summed E-state index contributed by atoms with van der Waals surface area (Å²) in [4.78, 5) is 34.0. The van der Waals surface area contributed by atoms with Gasteiger partial charge in [-0.1, -0.05) is 6.07 Å². The first-order valence-corrected chi connectivity index (χ1v) is 7.01. The van der Waals surface area contributed by atoms with E-state index in [9.17, 15) is 14.4 Å². The summed E-state index contributed by atoms with van der Waals surface area (Å²) in [6.07, 6.45) is 1.75. The molecule has 2 amide bonds.